The molecule has 1 N–H and O–H groups in total. The molecular weight excluding hydrogens is 404 g/mol. The van der Waals surface area contributed by atoms with Gasteiger partial charge in [-0.3, -0.25) is 29.9 Å². The van der Waals surface area contributed by atoms with Gasteiger partial charge in [0.15, 0.2) is 5.41 Å². The summed E-state index contributed by atoms with van der Waals surface area (Å²) in [6, 6.07) is 3.17. The summed E-state index contributed by atoms with van der Waals surface area (Å²) in [6.07, 6.45) is 0.725. The van der Waals surface area contributed by atoms with Gasteiger partial charge in [-0.05, 0) is 31.9 Å². The summed E-state index contributed by atoms with van der Waals surface area (Å²) >= 11 is 0. The molecule has 3 aliphatic rings. The van der Waals surface area contributed by atoms with Crippen LogP contribution < -0.4 is 10.2 Å². The van der Waals surface area contributed by atoms with Gasteiger partial charge in [0.1, 0.15) is 0 Å². The number of benzene rings is 1. The number of nitro benzene ring substituents is 1. The number of morpholine rings is 1. The van der Waals surface area contributed by atoms with Crippen LogP contribution in [-0.4, -0.2) is 59.0 Å². The summed E-state index contributed by atoms with van der Waals surface area (Å²) in [5.41, 5.74) is -0.422. The fourth-order valence-corrected chi connectivity index (χ4v) is 5.20. The third-order valence-electron chi connectivity index (χ3n) is 6.47. The van der Waals surface area contributed by atoms with E-state index in [4.69, 9.17) is 4.74 Å². The summed E-state index contributed by atoms with van der Waals surface area (Å²) in [7, 11) is 0. The van der Waals surface area contributed by atoms with Gasteiger partial charge in [0.2, 0.25) is 11.8 Å². The summed E-state index contributed by atoms with van der Waals surface area (Å²) in [5, 5.41) is 13.7. The Balaban J connectivity index is 1.88. The summed E-state index contributed by atoms with van der Waals surface area (Å²) in [4.78, 5) is 53.5. The van der Waals surface area contributed by atoms with Crippen molar-refractivity contribution in [3.05, 3.63) is 33.9 Å². The van der Waals surface area contributed by atoms with Crippen molar-refractivity contribution in [2.45, 2.75) is 58.3 Å². The molecule has 4 rings (SSSR count). The number of urea groups is 1. The Labute approximate surface area is 179 Å². The first-order valence-electron chi connectivity index (χ1n) is 10.6. The molecule has 0 aromatic heterocycles. The molecule has 31 heavy (non-hydrogen) atoms. The molecule has 0 radical (unpaired) electrons. The van der Waals surface area contributed by atoms with E-state index in [2.05, 4.69) is 5.32 Å². The second kappa shape index (κ2) is 7.60. The van der Waals surface area contributed by atoms with E-state index in [1.165, 1.54) is 12.1 Å². The number of nitro groups is 1. The van der Waals surface area contributed by atoms with Crippen LogP contribution in [0.4, 0.5) is 16.2 Å². The number of carbonyl (C=O) groups excluding carboxylic acids is 3. The van der Waals surface area contributed by atoms with Crippen LogP contribution >= 0.6 is 0 Å². The van der Waals surface area contributed by atoms with Crippen molar-refractivity contribution in [1.29, 1.82) is 0 Å². The second-order valence-corrected chi connectivity index (χ2v) is 8.54. The number of barbiturate groups is 1. The lowest BCUT2D eigenvalue weighted by Crippen LogP contribution is -2.75. The average Bonchev–Trinajstić information content (AvgIpc) is 2.71. The Bertz CT molecular complexity index is 965. The molecule has 166 valence electrons. The molecule has 1 spiro atoms. The van der Waals surface area contributed by atoms with E-state index in [0.717, 1.165) is 17.0 Å². The van der Waals surface area contributed by atoms with E-state index in [-0.39, 0.29) is 24.8 Å². The highest BCUT2D eigenvalue weighted by molar-refractivity contribution is 6.20. The normalized spacial score (nSPS) is 30.2. The second-order valence-electron chi connectivity index (χ2n) is 8.54. The minimum Gasteiger partial charge on any atom is -0.372 e. The maximum atomic E-state index is 13.8. The Morgan fingerprint density at radius 3 is 2.71 bits per heavy atom. The molecule has 3 aliphatic heterocycles. The van der Waals surface area contributed by atoms with E-state index in [0.29, 0.717) is 18.5 Å². The van der Waals surface area contributed by atoms with Gasteiger partial charge in [0, 0.05) is 37.3 Å². The summed E-state index contributed by atoms with van der Waals surface area (Å²) in [5.74, 6) is -1.24. The zero-order valence-corrected chi connectivity index (χ0v) is 17.8. The largest absolute Gasteiger partial charge is 0.372 e. The molecule has 1 aromatic carbocycles. The highest BCUT2D eigenvalue weighted by Crippen LogP contribution is 2.48. The minimum atomic E-state index is -1.61. The zero-order valence-electron chi connectivity index (χ0n) is 17.8. The topological polar surface area (TPSA) is 122 Å². The van der Waals surface area contributed by atoms with Gasteiger partial charge in [-0.25, -0.2) is 4.79 Å². The quantitative estimate of drug-likeness (QED) is 0.440. The molecule has 0 unspecified atom stereocenters. The van der Waals surface area contributed by atoms with Crippen LogP contribution in [0.3, 0.4) is 0 Å². The predicted molar refractivity (Wildman–Crippen MR) is 111 cm³/mol. The molecule has 4 atom stereocenters. The molecule has 3 heterocycles. The molecule has 10 nitrogen and oxygen atoms in total. The maximum Gasteiger partial charge on any atom is 0.330 e. The summed E-state index contributed by atoms with van der Waals surface area (Å²) in [6.45, 7) is 6.29. The van der Waals surface area contributed by atoms with Crippen LogP contribution in [0.1, 0.15) is 39.2 Å². The van der Waals surface area contributed by atoms with Crippen molar-refractivity contribution in [2.24, 2.45) is 5.41 Å². The first-order chi connectivity index (χ1) is 14.7. The lowest BCUT2D eigenvalue weighted by Gasteiger charge is -2.56. The van der Waals surface area contributed by atoms with E-state index in [1.807, 2.05) is 25.7 Å². The van der Waals surface area contributed by atoms with E-state index < -0.39 is 40.3 Å². The number of carbonyl (C=O) groups is 3. The molecule has 0 saturated carbocycles. The lowest BCUT2D eigenvalue weighted by molar-refractivity contribution is -0.384. The SMILES string of the molecule is CCCCN1C(=O)NC(=O)[C@]2(Cc3cc([N+](=O)[O-])ccc3N3C[C@H](C)O[C@@H](C)[C@@H]32)C1=O. The number of rotatable bonds is 4. The van der Waals surface area contributed by atoms with Crippen molar-refractivity contribution in [3.8, 4) is 0 Å². The molecule has 0 bridgehead atoms. The van der Waals surface area contributed by atoms with Crippen LogP contribution in [0.25, 0.3) is 0 Å². The number of anilines is 1. The maximum absolute atomic E-state index is 13.8. The Morgan fingerprint density at radius 1 is 1.29 bits per heavy atom. The fraction of sp³-hybridized carbons (Fsp3) is 0.571. The van der Waals surface area contributed by atoms with Gasteiger partial charge >= 0.3 is 6.03 Å². The number of unbranched alkanes of at least 4 members (excludes halogenated alkanes) is 1. The highest BCUT2D eigenvalue weighted by atomic mass is 16.6. The van der Waals surface area contributed by atoms with E-state index in [9.17, 15) is 24.5 Å². The van der Waals surface area contributed by atoms with Gasteiger partial charge < -0.3 is 9.64 Å². The molecule has 0 aliphatic carbocycles. The predicted octanol–water partition coefficient (Wildman–Crippen LogP) is 2.00. The first-order valence-corrected chi connectivity index (χ1v) is 10.6. The number of ether oxygens (including phenoxy) is 1. The third-order valence-corrected chi connectivity index (χ3v) is 6.47. The van der Waals surface area contributed by atoms with Crippen molar-refractivity contribution in [3.63, 3.8) is 0 Å². The summed E-state index contributed by atoms with van der Waals surface area (Å²) < 4.78 is 6.01. The van der Waals surface area contributed by atoms with Crippen molar-refractivity contribution >= 4 is 29.2 Å². The minimum absolute atomic E-state index is 0.0339. The number of imide groups is 2. The molecular formula is C21H26N4O6. The molecule has 1 aromatic rings. The van der Waals surface area contributed by atoms with Gasteiger partial charge in [-0.2, -0.15) is 0 Å². The van der Waals surface area contributed by atoms with Crippen LogP contribution in [0.5, 0.6) is 0 Å². The Hall–Kier alpha value is -3.01. The fourth-order valence-electron chi connectivity index (χ4n) is 5.20. The first kappa shape index (κ1) is 21.2. The van der Waals surface area contributed by atoms with E-state index in [1.54, 1.807) is 6.07 Å². The van der Waals surface area contributed by atoms with Crippen LogP contribution in [0, 0.1) is 15.5 Å². The molecule has 2 saturated heterocycles. The van der Waals surface area contributed by atoms with Crippen LogP contribution in [0.2, 0.25) is 0 Å². The third kappa shape index (κ3) is 3.16. The number of fused-ring (bicyclic) bond motifs is 4. The number of nitrogens with zero attached hydrogens (tertiary/aromatic N) is 3. The molecule has 10 heteroatoms. The lowest BCUT2D eigenvalue weighted by atomic mass is 9.66. The standard InChI is InChI=1S/C21H26N4O6/c1-4-5-8-23-19(27)21(18(26)22-20(23)28)10-14-9-15(25(29)30)6-7-16(14)24-11-12(2)31-13(3)17(21)24/h6-7,9,12-13,17H,4-5,8,10-11H2,1-3H3,(H,22,26,28)/t12-,13-,17+,21+/m0/s1. The average molecular weight is 430 g/mol. The smallest absolute Gasteiger partial charge is 0.330 e. The van der Waals surface area contributed by atoms with Crippen LogP contribution in [0.15, 0.2) is 18.2 Å². The number of hydrogen-bond acceptors (Lipinski definition) is 7. The number of amides is 4. The Morgan fingerprint density at radius 2 is 2.03 bits per heavy atom. The molecule has 2 fully saturated rings. The number of hydrogen-bond donors (Lipinski definition) is 1. The van der Waals surface area contributed by atoms with Gasteiger partial charge in [0.05, 0.1) is 23.2 Å². The Kier molecular flexibility index (Phi) is 5.20. The highest BCUT2D eigenvalue weighted by Gasteiger charge is 2.64. The van der Waals surface area contributed by atoms with Crippen molar-refractivity contribution in [2.75, 3.05) is 18.0 Å². The van der Waals surface area contributed by atoms with Gasteiger partial charge in [-0.1, -0.05) is 13.3 Å². The van der Waals surface area contributed by atoms with Crippen molar-refractivity contribution in [1.82, 2.24) is 10.2 Å². The zero-order chi connectivity index (χ0) is 22.5. The monoisotopic (exact) mass is 430 g/mol. The van der Waals surface area contributed by atoms with Gasteiger partial charge in [0.25, 0.3) is 5.69 Å². The van der Waals surface area contributed by atoms with E-state index >= 15 is 0 Å². The van der Waals surface area contributed by atoms with Crippen molar-refractivity contribution < 1.29 is 24.0 Å². The number of non-ortho nitro benzene ring substituents is 1. The van der Waals surface area contributed by atoms with Crippen LogP contribution in [-0.2, 0) is 20.7 Å². The van der Waals surface area contributed by atoms with Gasteiger partial charge in [-0.15, -0.1) is 0 Å². The number of nitrogens with one attached hydrogen (secondary N) is 1. The molecule has 4 amide bonds.